The molecule has 2 aromatic rings. The van der Waals surface area contributed by atoms with E-state index in [0.717, 1.165) is 24.2 Å². The average molecular weight is 341 g/mol. The summed E-state index contributed by atoms with van der Waals surface area (Å²) in [5.41, 5.74) is 3.70. The molecule has 1 heterocycles. The average Bonchev–Trinajstić information content (AvgIpc) is 2.66. The highest BCUT2D eigenvalue weighted by Gasteiger charge is 2.06. The van der Waals surface area contributed by atoms with Crippen LogP contribution in [0.15, 0.2) is 47.8 Å². The maximum atomic E-state index is 11.9. The molecule has 0 saturated carbocycles. The number of carbonyl (C=O) groups excluding carboxylic acids is 1. The van der Waals surface area contributed by atoms with Crippen molar-refractivity contribution in [1.29, 1.82) is 0 Å². The van der Waals surface area contributed by atoms with Gasteiger partial charge in [0.05, 0.1) is 25.0 Å². The summed E-state index contributed by atoms with van der Waals surface area (Å²) >= 11 is 0. The number of rotatable bonds is 9. The predicted octanol–water partition coefficient (Wildman–Crippen LogP) is 3.42. The Balaban J connectivity index is 2.07. The maximum absolute atomic E-state index is 11.9. The van der Waals surface area contributed by atoms with Gasteiger partial charge in [0.25, 0.3) is 5.91 Å². The number of hydrazone groups is 1. The zero-order valence-corrected chi connectivity index (χ0v) is 14.6. The van der Waals surface area contributed by atoms with Crippen molar-refractivity contribution in [1.82, 2.24) is 10.4 Å². The van der Waals surface area contributed by atoms with Gasteiger partial charge in [-0.3, -0.25) is 9.78 Å². The molecule has 0 radical (unpaired) electrons. The largest absolute Gasteiger partial charge is 0.493 e. The molecule has 1 N–H and O–H groups in total. The summed E-state index contributed by atoms with van der Waals surface area (Å²) in [6, 6.07) is 8.93. The third kappa shape index (κ3) is 5.91. The van der Waals surface area contributed by atoms with Crippen molar-refractivity contribution in [3.05, 3.63) is 53.9 Å². The monoisotopic (exact) mass is 341 g/mol. The van der Waals surface area contributed by atoms with Crippen LogP contribution in [0.25, 0.3) is 0 Å². The molecule has 132 valence electrons. The van der Waals surface area contributed by atoms with E-state index >= 15 is 0 Å². The Hall–Kier alpha value is -2.89. The first-order valence-corrected chi connectivity index (χ1v) is 8.37. The first-order chi connectivity index (χ1) is 12.2. The lowest BCUT2D eigenvalue weighted by atomic mass is 10.2. The minimum absolute atomic E-state index is 0.316. The van der Waals surface area contributed by atoms with Gasteiger partial charge in [0.1, 0.15) is 11.5 Å². The summed E-state index contributed by atoms with van der Waals surface area (Å²) in [5.74, 6) is 1.11. The van der Waals surface area contributed by atoms with Gasteiger partial charge < -0.3 is 9.47 Å². The van der Waals surface area contributed by atoms with Crippen molar-refractivity contribution in [3.8, 4) is 11.5 Å². The highest BCUT2D eigenvalue weighted by molar-refractivity contribution is 5.94. The van der Waals surface area contributed by atoms with E-state index in [1.54, 1.807) is 24.5 Å². The highest BCUT2D eigenvalue weighted by Crippen LogP contribution is 2.24. The molecule has 1 amide bonds. The molecule has 1 aromatic carbocycles. The molecule has 0 saturated heterocycles. The normalized spacial score (nSPS) is 10.6. The number of hydrogen-bond donors (Lipinski definition) is 1. The molecule has 6 nitrogen and oxygen atoms in total. The van der Waals surface area contributed by atoms with E-state index in [1.807, 2.05) is 25.1 Å². The van der Waals surface area contributed by atoms with Crippen molar-refractivity contribution < 1.29 is 14.3 Å². The molecule has 25 heavy (non-hydrogen) atoms. The molecule has 0 aliphatic carbocycles. The topological polar surface area (TPSA) is 72.8 Å². The molecular formula is C19H23N3O3. The van der Waals surface area contributed by atoms with Crippen LogP contribution in [0.1, 0.15) is 42.6 Å². The SMILES string of the molecule is CCCOc1ccc(C=NNC(=O)c2cccnc2)c(OCCC)c1. The molecule has 0 unspecified atom stereocenters. The van der Waals surface area contributed by atoms with Gasteiger partial charge in [-0.15, -0.1) is 0 Å². The molecule has 2 rings (SSSR count). The maximum Gasteiger partial charge on any atom is 0.272 e. The molecule has 0 atom stereocenters. The molecule has 1 aromatic heterocycles. The Morgan fingerprint density at radius 3 is 2.72 bits per heavy atom. The number of carbonyl (C=O) groups is 1. The van der Waals surface area contributed by atoms with Crippen LogP contribution in [0, 0.1) is 0 Å². The fourth-order valence-electron chi connectivity index (χ4n) is 1.99. The van der Waals surface area contributed by atoms with Gasteiger partial charge >= 0.3 is 0 Å². The number of hydrogen-bond acceptors (Lipinski definition) is 5. The summed E-state index contributed by atoms with van der Waals surface area (Å²) in [5, 5.41) is 4.01. The van der Waals surface area contributed by atoms with E-state index in [-0.39, 0.29) is 5.91 Å². The number of pyridine rings is 1. The number of aromatic nitrogens is 1. The minimum atomic E-state index is -0.316. The number of ether oxygens (including phenoxy) is 2. The quantitative estimate of drug-likeness (QED) is 0.560. The van der Waals surface area contributed by atoms with Crippen LogP contribution in [0.5, 0.6) is 11.5 Å². The van der Waals surface area contributed by atoms with E-state index in [2.05, 4.69) is 22.4 Å². The number of nitrogens with one attached hydrogen (secondary N) is 1. The van der Waals surface area contributed by atoms with Gasteiger partial charge in [0.2, 0.25) is 0 Å². The summed E-state index contributed by atoms with van der Waals surface area (Å²) in [6.07, 6.45) is 6.49. The highest BCUT2D eigenvalue weighted by atomic mass is 16.5. The van der Waals surface area contributed by atoms with E-state index in [1.165, 1.54) is 6.20 Å². The van der Waals surface area contributed by atoms with Crippen molar-refractivity contribution in [3.63, 3.8) is 0 Å². The van der Waals surface area contributed by atoms with E-state index in [9.17, 15) is 4.79 Å². The fourth-order valence-corrected chi connectivity index (χ4v) is 1.99. The third-order valence-electron chi connectivity index (χ3n) is 3.21. The summed E-state index contributed by atoms with van der Waals surface area (Å²) in [7, 11) is 0. The van der Waals surface area contributed by atoms with Crippen LogP contribution in [0.4, 0.5) is 0 Å². The standard InChI is InChI=1S/C19H23N3O3/c1-3-10-24-17-8-7-15(18(12-17)25-11-4-2)14-21-22-19(23)16-6-5-9-20-13-16/h5-9,12-14H,3-4,10-11H2,1-2H3,(H,22,23). The molecular weight excluding hydrogens is 318 g/mol. The zero-order chi connectivity index (χ0) is 17.9. The lowest BCUT2D eigenvalue weighted by molar-refractivity contribution is 0.0954. The Bertz CT molecular complexity index is 702. The van der Waals surface area contributed by atoms with Gasteiger partial charge in [-0.2, -0.15) is 5.10 Å². The number of benzene rings is 1. The smallest absolute Gasteiger partial charge is 0.272 e. The summed E-state index contributed by atoms with van der Waals surface area (Å²) in [4.78, 5) is 15.9. The van der Waals surface area contributed by atoms with Crippen LogP contribution in [0.2, 0.25) is 0 Å². The Labute approximate surface area is 147 Å². The van der Waals surface area contributed by atoms with Crippen LogP contribution in [-0.2, 0) is 0 Å². The van der Waals surface area contributed by atoms with Crippen molar-refractivity contribution >= 4 is 12.1 Å². The fraction of sp³-hybridized carbons (Fsp3) is 0.316. The Kier molecular flexibility index (Phi) is 7.43. The summed E-state index contributed by atoms with van der Waals surface area (Å²) < 4.78 is 11.4. The second kappa shape index (κ2) is 10.1. The lowest BCUT2D eigenvalue weighted by Crippen LogP contribution is -2.17. The van der Waals surface area contributed by atoms with Crippen LogP contribution in [0.3, 0.4) is 0 Å². The Morgan fingerprint density at radius 2 is 2.00 bits per heavy atom. The molecule has 0 aliphatic heterocycles. The molecule has 6 heteroatoms. The van der Waals surface area contributed by atoms with Gasteiger partial charge in [-0.25, -0.2) is 5.43 Å². The van der Waals surface area contributed by atoms with Gasteiger partial charge in [-0.1, -0.05) is 13.8 Å². The number of nitrogens with zero attached hydrogens (tertiary/aromatic N) is 2. The van der Waals surface area contributed by atoms with E-state index in [0.29, 0.717) is 24.5 Å². The van der Waals surface area contributed by atoms with Crippen molar-refractivity contribution in [2.45, 2.75) is 26.7 Å². The van der Waals surface area contributed by atoms with Gasteiger partial charge in [-0.05, 0) is 37.1 Å². The van der Waals surface area contributed by atoms with Crippen molar-refractivity contribution in [2.75, 3.05) is 13.2 Å². The first-order valence-electron chi connectivity index (χ1n) is 8.37. The number of amides is 1. The lowest BCUT2D eigenvalue weighted by Gasteiger charge is -2.11. The molecule has 0 fully saturated rings. The third-order valence-corrected chi connectivity index (χ3v) is 3.21. The van der Waals surface area contributed by atoms with E-state index < -0.39 is 0 Å². The van der Waals surface area contributed by atoms with E-state index in [4.69, 9.17) is 9.47 Å². The van der Waals surface area contributed by atoms with Crippen LogP contribution < -0.4 is 14.9 Å². The molecule has 0 spiro atoms. The summed E-state index contributed by atoms with van der Waals surface area (Å²) in [6.45, 7) is 5.35. The second-order valence-corrected chi connectivity index (χ2v) is 5.34. The zero-order valence-electron chi connectivity index (χ0n) is 14.6. The minimum Gasteiger partial charge on any atom is -0.493 e. The predicted molar refractivity (Wildman–Crippen MR) is 97.3 cm³/mol. The van der Waals surface area contributed by atoms with Gasteiger partial charge in [0.15, 0.2) is 0 Å². The van der Waals surface area contributed by atoms with Gasteiger partial charge in [0, 0.05) is 24.0 Å². The van der Waals surface area contributed by atoms with Crippen LogP contribution >= 0.6 is 0 Å². The first kappa shape index (κ1) is 18.4. The van der Waals surface area contributed by atoms with Crippen LogP contribution in [-0.4, -0.2) is 30.3 Å². The molecule has 0 bridgehead atoms. The second-order valence-electron chi connectivity index (χ2n) is 5.34. The molecule has 0 aliphatic rings. The van der Waals surface area contributed by atoms with Crippen molar-refractivity contribution in [2.24, 2.45) is 5.10 Å². The Morgan fingerprint density at radius 1 is 1.20 bits per heavy atom.